The molecular weight excluding hydrogens is 243 g/mol. The van der Waals surface area contributed by atoms with Crippen LogP contribution in [0, 0.1) is 5.82 Å². The molecular formula is C11H9FN2O2S. The van der Waals surface area contributed by atoms with Crippen molar-refractivity contribution in [3.8, 4) is 0 Å². The predicted molar refractivity (Wildman–Crippen MR) is 64.2 cm³/mol. The minimum Gasteiger partial charge on any atom is -0.296 e. The van der Waals surface area contributed by atoms with Gasteiger partial charge in [0.1, 0.15) is 5.69 Å². The highest BCUT2D eigenvalue weighted by Crippen LogP contribution is 2.28. The van der Waals surface area contributed by atoms with E-state index in [1.54, 1.807) is 4.57 Å². The number of aromatic nitrogens is 1. The smallest absolute Gasteiger partial charge is 0.296 e. The Morgan fingerprint density at radius 2 is 2.18 bits per heavy atom. The van der Waals surface area contributed by atoms with Crippen molar-refractivity contribution in [2.75, 3.05) is 0 Å². The van der Waals surface area contributed by atoms with Crippen molar-refractivity contribution in [3.63, 3.8) is 0 Å². The molecule has 0 spiro atoms. The molecule has 0 aliphatic heterocycles. The van der Waals surface area contributed by atoms with Crippen LogP contribution in [0.25, 0.3) is 10.2 Å². The zero-order valence-corrected chi connectivity index (χ0v) is 10.0. The molecule has 88 valence electrons. The molecule has 0 radical (unpaired) electrons. The largest absolute Gasteiger partial charge is 0.308 e. The fourth-order valence-electron chi connectivity index (χ4n) is 1.67. The molecule has 0 fully saturated rings. The van der Waals surface area contributed by atoms with Crippen LogP contribution < -0.4 is 4.87 Å². The van der Waals surface area contributed by atoms with Gasteiger partial charge in [-0.1, -0.05) is 11.3 Å². The number of fused-ring (bicyclic) bond motifs is 1. The summed E-state index contributed by atoms with van der Waals surface area (Å²) < 4.78 is 15.6. The Bertz CT molecular complexity index is 681. The van der Waals surface area contributed by atoms with Crippen LogP contribution >= 0.6 is 11.3 Å². The van der Waals surface area contributed by atoms with Gasteiger partial charge in [-0.3, -0.25) is 9.36 Å². The van der Waals surface area contributed by atoms with Crippen LogP contribution in [0.5, 0.6) is 0 Å². The summed E-state index contributed by atoms with van der Waals surface area (Å²) in [6.45, 7) is 3.72. The summed E-state index contributed by atoms with van der Waals surface area (Å²) >= 11 is 0.975. The molecule has 4 nitrogen and oxygen atoms in total. The van der Waals surface area contributed by atoms with Crippen LogP contribution in [0.2, 0.25) is 0 Å². The van der Waals surface area contributed by atoms with Gasteiger partial charge in [0.15, 0.2) is 5.82 Å². The molecule has 0 saturated carbocycles. The zero-order valence-electron chi connectivity index (χ0n) is 9.23. The summed E-state index contributed by atoms with van der Waals surface area (Å²) in [5, 5.41) is 0. The molecule has 1 heterocycles. The second-order valence-corrected chi connectivity index (χ2v) is 4.80. The Balaban J connectivity index is 2.86. The summed E-state index contributed by atoms with van der Waals surface area (Å²) in [6.07, 6.45) is 1.30. The summed E-state index contributed by atoms with van der Waals surface area (Å²) in [6, 6.07) is 2.58. The summed E-state index contributed by atoms with van der Waals surface area (Å²) in [5.74, 6) is -0.627. The summed E-state index contributed by atoms with van der Waals surface area (Å²) in [7, 11) is 0. The first-order chi connectivity index (χ1) is 8.04. The Morgan fingerprint density at radius 3 is 2.76 bits per heavy atom. The van der Waals surface area contributed by atoms with Gasteiger partial charge in [-0.2, -0.15) is 4.99 Å². The number of halogens is 1. The fourth-order valence-corrected chi connectivity index (χ4v) is 2.69. The maximum absolute atomic E-state index is 13.5. The first-order valence-electron chi connectivity index (χ1n) is 4.97. The van der Waals surface area contributed by atoms with Gasteiger partial charge in [-0.15, -0.1) is 0 Å². The van der Waals surface area contributed by atoms with Crippen molar-refractivity contribution >= 4 is 33.3 Å². The number of aliphatic imine (C=N–C) groups is 1. The molecule has 6 heteroatoms. The van der Waals surface area contributed by atoms with E-state index in [-0.39, 0.29) is 16.6 Å². The molecule has 17 heavy (non-hydrogen) atoms. The van der Waals surface area contributed by atoms with Crippen LogP contribution in [0.15, 0.2) is 21.9 Å². The Kier molecular flexibility index (Phi) is 2.92. The van der Waals surface area contributed by atoms with E-state index in [4.69, 9.17) is 0 Å². The first kappa shape index (κ1) is 11.7. The van der Waals surface area contributed by atoms with Gasteiger partial charge in [-0.25, -0.2) is 9.18 Å². The molecule has 0 unspecified atom stereocenters. The van der Waals surface area contributed by atoms with E-state index in [1.165, 1.54) is 18.2 Å². The molecule has 0 N–H and O–H groups in total. The molecule has 0 atom stereocenters. The van der Waals surface area contributed by atoms with E-state index in [0.29, 0.717) is 10.2 Å². The maximum atomic E-state index is 13.5. The van der Waals surface area contributed by atoms with Crippen molar-refractivity contribution in [1.82, 2.24) is 4.57 Å². The van der Waals surface area contributed by atoms with Crippen molar-refractivity contribution in [3.05, 3.63) is 27.6 Å². The second-order valence-electron chi connectivity index (χ2n) is 3.81. The Labute approximate surface area is 100 Å². The molecule has 0 bridgehead atoms. The quantitative estimate of drug-likeness (QED) is 0.609. The SMILES string of the molecule is CC(C)n1c(=O)sc2cc(F)c(N=C=O)cc21. The van der Waals surface area contributed by atoms with Gasteiger partial charge in [0.2, 0.25) is 6.08 Å². The minimum atomic E-state index is -0.627. The van der Waals surface area contributed by atoms with E-state index in [2.05, 4.69) is 4.99 Å². The molecule has 2 aromatic rings. The van der Waals surface area contributed by atoms with Crippen LogP contribution in [0.3, 0.4) is 0 Å². The minimum absolute atomic E-state index is 0.0326. The van der Waals surface area contributed by atoms with Crippen molar-refractivity contribution in [1.29, 1.82) is 0 Å². The molecule has 2 rings (SSSR count). The Morgan fingerprint density at radius 1 is 1.47 bits per heavy atom. The van der Waals surface area contributed by atoms with Crippen LogP contribution in [-0.4, -0.2) is 10.6 Å². The van der Waals surface area contributed by atoms with Gasteiger partial charge in [0, 0.05) is 6.04 Å². The number of carbonyl (C=O) groups excluding carboxylic acids is 1. The van der Waals surface area contributed by atoms with E-state index < -0.39 is 5.82 Å². The van der Waals surface area contributed by atoms with Gasteiger partial charge in [0.05, 0.1) is 10.2 Å². The van der Waals surface area contributed by atoms with E-state index in [0.717, 1.165) is 11.3 Å². The molecule has 1 aromatic heterocycles. The third kappa shape index (κ3) is 1.92. The fraction of sp³-hybridized carbons (Fsp3) is 0.273. The monoisotopic (exact) mass is 252 g/mol. The zero-order chi connectivity index (χ0) is 12.6. The number of hydrogen-bond donors (Lipinski definition) is 0. The first-order valence-corrected chi connectivity index (χ1v) is 5.78. The lowest BCUT2D eigenvalue weighted by molar-refractivity contribution is 0.564. The van der Waals surface area contributed by atoms with E-state index in [9.17, 15) is 14.0 Å². The van der Waals surface area contributed by atoms with Crippen molar-refractivity contribution < 1.29 is 9.18 Å². The number of nitrogens with zero attached hydrogens (tertiary/aromatic N) is 2. The molecule has 0 aliphatic rings. The normalized spacial score (nSPS) is 10.8. The van der Waals surface area contributed by atoms with Crippen LogP contribution in [0.4, 0.5) is 10.1 Å². The predicted octanol–water partition coefficient (Wildman–Crippen LogP) is 2.75. The van der Waals surface area contributed by atoms with Gasteiger partial charge in [-0.05, 0) is 26.0 Å². The van der Waals surface area contributed by atoms with Crippen molar-refractivity contribution in [2.45, 2.75) is 19.9 Å². The average molecular weight is 252 g/mol. The number of rotatable bonds is 2. The highest BCUT2D eigenvalue weighted by Gasteiger charge is 2.13. The van der Waals surface area contributed by atoms with Crippen molar-refractivity contribution in [2.24, 2.45) is 4.99 Å². The van der Waals surface area contributed by atoms with Crippen LogP contribution in [-0.2, 0) is 4.79 Å². The van der Waals surface area contributed by atoms with Crippen LogP contribution in [0.1, 0.15) is 19.9 Å². The van der Waals surface area contributed by atoms with Gasteiger partial charge >= 0.3 is 4.87 Å². The lowest BCUT2D eigenvalue weighted by atomic mass is 10.2. The second kappa shape index (κ2) is 4.24. The van der Waals surface area contributed by atoms with Gasteiger partial charge in [0.25, 0.3) is 0 Å². The molecule has 1 aromatic carbocycles. The third-order valence-corrected chi connectivity index (χ3v) is 3.28. The molecule has 0 aliphatic carbocycles. The van der Waals surface area contributed by atoms with Gasteiger partial charge < -0.3 is 0 Å². The lowest BCUT2D eigenvalue weighted by Crippen LogP contribution is -2.14. The topological polar surface area (TPSA) is 51.4 Å². The summed E-state index contributed by atoms with van der Waals surface area (Å²) in [5.41, 5.74) is 0.491. The summed E-state index contributed by atoms with van der Waals surface area (Å²) in [4.78, 5) is 25.0. The average Bonchev–Trinajstić information content (AvgIpc) is 2.54. The highest BCUT2D eigenvalue weighted by atomic mass is 32.1. The third-order valence-electron chi connectivity index (χ3n) is 2.36. The standard InChI is InChI=1S/C11H9FN2O2S/c1-6(2)14-9-4-8(13-5-15)7(12)3-10(9)17-11(14)16/h3-4,6H,1-2H3. The maximum Gasteiger partial charge on any atom is 0.308 e. The highest BCUT2D eigenvalue weighted by molar-refractivity contribution is 7.16. The number of benzene rings is 1. The molecule has 0 saturated heterocycles. The van der Waals surface area contributed by atoms with E-state index in [1.807, 2.05) is 13.8 Å². The van der Waals surface area contributed by atoms with E-state index >= 15 is 0 Å². The number of hydrogen-bond acceptors (Lipinski definition) is 4. The lowest BCUT2D eigenvalue weighted by Gasteiger charge is -2.07. The number of thiazole rings is 1. The number of isocyanates is 1. The Hall–Kier alpha value is -1.78. The molecule has 0 amide bonds.